The van der Waals surface area contributed by atoms with Crippen LogP contribution in [0.25, 0.3) is 38.6 Å². The van der Waals surface area contributed by atoms with Gasteiger partial charge >= 0.3 is 0 Å². The van der Waals surface area contributed by atoms with Gasteiger partial charge in [-0.1, -0.05) is 17.7 Å². The Kier molecular flexibility index (Phi) is 10.7. The zero-order chi connectivity index (χ0) is 46.4. The van der Waals surface area contributed by atoms with E-state index in [9.17, 15) is 39.6 Å². The normalized spacial score (nSPS) is 16.9. The Hall–Kier alpha value is -6.49. The van der Waals surface area contributed by atoms with E-state index in [1.807, 2.05) is 0 Å². The number of benzene rings is 3. The van der Waals surface area contributed by atoms with Crippen LogP contribution in [0.3, 0.4) is 0 Å². The molecule has 2 aliphatic rings. The summed E-state index contributed by atoms with van der Waals surface area (Å²) in [7, 11) is -4.13. The second kappa shape index (κ2) is 15.9. The molecule has 24 heteroatoms. The van der Waals surface area contributed by atoms with Crippen LogP contribution in [0.1, 0.15) is 59.0 Å². The zero-order valence-corrected chi connectivity index (χ0v) is 35.1. The molecule has 0 spiro atoms. The van der Waals surface area contributed by atoms with Crippen LogP contribution in [-0.4, -0.2) is 66.1 Å². The summed E-state index contributed by atoms with van der Waals surface area (Å²) in [5.41, 5.74) is -2.87. The fraction of sp³-hybridized carbons (Fsp3) is 0.293. The third kappa shape index (κ3) is 8.03. The van der Waals surface area contributed by atoms with E-state index in [1.54, 1.807) is 13.0 Å². The van der Waals surface area contributed by atoms with Crippen molar-refractivity contribution in [1.29, 1.82) is 0 Å². The van der Waals surface area contributed by atoms with E-state index in [1.165, 1.54) is 36.7 Å². The van der Waals surface area contributed by atoms with Crippen molar-refractivity contribution in [3.05, 3.63) is 122 Å². The molecule has 3 aromatic carbocycles. The van der Waals surface area contributed by atoms with Gasteiger partial charge in [-0.2, -0.15) is 19.0 Å². The van der Waals surface area contributed by atoms with Crippen LogP contribution in [-0.2, 0) is 40.3 Å². The van der Waals surface area contributed by atoms with Crippen LogP contribution in [0.5, 0.6) is 0 Å². The smallest absolute Gasteiger partial charge is 0.293 e. The van der Waals surface area contributed by atoms with Gasteiger partial charge in [0.25, 0.3) is 24.3 Å². The maximum absolute atomic E-state index is 15.6. The second-order valence-corrected chi connectivity index (χ2v) is 17.9. The molecule has 1 amide bonds. The Morgan fingerprint density at radius 1 is 0.969 bits per heavy atom. The molecule has 14 nitrogen and oxygen atoms in total. The van der Waals surface area contributed by atoms with Gasteiger partial charge in [-0.3, -0.25) is 28.2 Å². The van der Waals surface area contributed by atoms with Crippen molar-refractivity contribution in [2.45, 2.75) is 63.6 Å². The number of halogens is 9. The summed E-state index contributed by atoms with van der Waals surface area (Å²) >= 11 is 6.57. The molecular formula is C41H31ClF8N10O4S. The quantitative estimate of drug-likeness (QED) is 0.111. The topological polar surface area (TPSA) is 172 Å². The minimum atomic E-state index is -4.13. The largest absolute Gasteiger partial charge is 0.344 e. The van der Waals surface area contributed by atoms with E-state index in [0.717, 1.165) is 23.0 Å². The summed E-state index contributed by atoms with van der Waals surface area (Å²) in [6, 6.07) is 7.53. The van der Waals surface area contributed by atoms with Crippen LogP contribution < -0.4 is 15.6 Å². The summed E-state index contributed by atoms with van der Waals surface area (Å²) in [4.78, 5) is 42.4. The Balaban J connectivity index is 1.28. The molecule has 4 aromatic heterocycles. The van der Waals surface area contributed by atoms with Crippen molar-refractivity contribution < 1.29 is 48.3 Å². The third-order valence-corrected chi connectivity index (χ3v) is 12.0. The van der Waals surface area contributed by atoms with Crippen molar-refractivity contribution >= 4 is 55.2 Å². The van der Waals surface area contributed by atoms with Crippen molar-refractivity contribution in [1.82, 2.24) is 44.4 Å². The molecule has 0 bridgehead atoms. The standard InChI is InChI=1S/C41H31ClF8N10O4S/c1-17-51-13-20(14-52-17)19-3-4-23-27(10-19)54-39(60(40(23)62)29-6-5-26(42)33-35(29)58(15-30(45)46)56-38(33)57-65(2,63)64)28(9-18-7-21(43)11-22(44)8-18)53-31(61)16-59-36-32(34(55-59)37(47)48)24-12-25(24)41(36,49)50/h3-8,10-11,13-14,24-25,28,30,37H,9,12,15-16H2,1-2H3,(H,53,61)(H,56,57)/t24-,25+,28-/m0/s1. The van der Waals surface area contributed by atoms with E-state index < -0.39 is 112 Å². The minimum absolute atomic E-state index is 0.0416. The van der Waals surface area contributed by atoms with Crippen LogP contribution in [0.15, 0.2) is 65.7 Å². The maximum atomic E-state index is 15.6. The molecule has 3 atom stereocenters. The van der Waals surface area contributed by atoms with Gasteiger partial charge in [0.2, 0.25) is 15.9 Å². The molecule has 0 aliphatic heterocycles. The highest BCUT2D eigenvalue weighted by Gasteiger charge is 2.67. The van der Waals surface area contributed by atoms with Gasteiger partial charge in [0.05, 0.1) is 44.8 Å². The predicted molar refractivity (Wildman–Crippen MR) is 219 cm³/mol. The Bertz CT molecular complexity index is 3250. The van der Waals surface area contributed by atoms with E-state index in [4.69, 9.17) is 16.6 Å². The number of anilines is 1. The molecule has 7 aromatic rings. The van der Waals surface area contributed by atoms with Gasteiger partial charge in [0.15, 0.2) is 5.82 Å². The summed E-state index contributed by atoms with van der Waals surface area (Å²) in [6.07, 6.45) is -3.22. The maximum Gasteiger partial charge on any atom is 0.293 e. The number of rotatable bonds is 13. The minimum Gasteiger partial charge on any atom is -0.344 e. The van der Waals surface area contributed by atoms with Gasteiger partial charge in [-0.05, 0) is 66.8 Å². The van der Waals surface area contributed by atoms with Gasteiger partial charge in [0.1, 0.15) is 47.8 Å². The van der Waals surface area contributed by atoms with E-state index in [-0.39, 0.29) is 50.1 Å². The molecule has 2 aliphatic carbocycles. The molecule has 9 rings (SSSR count). The summed E-state index contributed by atoms with van der Waals surface area (Å²) < 4.78 is 147. The first-order chi connectivity index (χ1) is 30.7. The first-order valence-electron chi connectivity index (χ1n) is 19.5. The van der Waals surface area contributed by atoms with E-state index >= 15 is 13.6 Å². The van der Waals surface area contributed by atoms with Crippen molar-refractivity contribution in [2.75, 3.05) is 11.0 Å². The number of amides is 1. The molecular weight excluding hydrogens is 916 g/mol. The fourth-order valence-electron chi connectivity index (χ4n) is 8.47. The Morgan fingerprint density at radius 3 is 2.34 bits per heavy atom. The molecule has 0 radical (unpaired) electrons. The number of carbonyl (C=O) groups is 1. The van der Waals surface area contributed by atoms with Gasteiger partial charge in [0, 0.05) is 41.9 Å². The van der Waals surface area contributed by atoms with Gasteiger partial charge in [-0.25, -0.2) is 49.7 Å². The van der Waals surface area contributed by atoms with Crippen LogP contribution >= 0.6 is 11.6 Å². The molecule has 1 saturated carbocycles. The first kappa shape index (κ1) is 43.7. The lowest BCUT2D eigenvalue weighted by Crippen LogP contribution is -2.38. The highest BCUT2D eigenvalue weighted by atomic mass is 35.5. The number of fused-ring (bicyclic) bond motifs is 5. The SMILES string of the molecule is Cc1ncc(-c2ccc3c(=O)n(-c4ccc(Cl)c5c(NS(C)(=O)=O)nn(CC(F)F)c45)c([C@H](Cc4cc(F)cc(F)c4)NC(=O)Cn4nc(C(F)F)c5c4C(F)(F)[C@@H]4C[C@H]54)nc3c2)cn1. The van der Waals surface area contributed by atoms with E-state index in [2.05, 4.69) is 30.2 Å². The van der Waals surface area contributed by atoms with Gasteiger partial charge < -0.3 is 5.32 Å². The average molecular weight is 947 g/mol. The number of hydrogen-bond donors (Lipinski definition) is 2. The van der Waals surface area contributed by atoms with Crippen LogP contribution in [0.2, 0.25) is 5.02 Å². The number of hydrogen-bond acceptors (Lipinski definition) is 9. The first-order valence-corrected chi connectivity index (χ1v) is 21.8. The van der Waals surface area contributed by atoms with Crippen molar-refractivity contribution in [3.63, 3.8) is 0 Å². The number of nitrogens with one attached hydrogen (secondary N) is 2. The molecule has 65 heavy (non-hydrogen) atoms. The third-order valence-electron chi connectivity index (χ3n) is 11.1. The van der Waals surface area contributed by atoms with E-state index in [0.29, 0.717) is 32.4 Å². The Morgan fingerprint density at radius 2 is 1.68 bits per heavy atom. The summed E-state index contributed by atoms with van der Waals surface area (Å²) in [5, 5.41) is 9.80. The molecule has 2 N–H and O–H groups in total. The highest BCUT2D eigenvalue weighted by Crippen LogP contribution is 2.68. The van der Waals surface area contributed by atoms with Crippen molar-refractivity contribution in [2.24, 2.45) is 5.92 Å². The zero-order valence-electron chi connectivity index (χ0n) is 33.5. The molecule has 1 fully saturated rings. The molecule has 0 saturated heterocycles. The van der Waals surface area contributed by atoms with Gasteiger partial charge in [-0.15, -0.1) is 0 Å². The number of alkyl halides is 6. The van der Waals surface area contributed by atoms with Crippen molar-refractivity contribution in [3.8, 4) is 16.8 Å². The summed E-state index contributed by atoms with van der Waals surface area (Å²) in [5.74, 6) is -9.47. The number of sulfonamides is 1. The summed E-state index contributed by atoms with van der Waals surface area (Å²) in [6.45, 7) is -0.571. The number of aryl methyl sites for hydroxylation is 1. The monoisotopic (exact) mass is 946 g/mol. The molecule has 0 unspecified atom stereocenters. The average Bonchev–Trinajstić information content (AvgIpc) is 3.74. The lowest BCUT2D eigenvalue weighted by molar-refractivity contribution is -0.123. The second-order valence-electron chi connectivity index (χ2n) is 15.7. The fourth-order valence-corrected chi connectivity index (χ4v) is 9.20. The predicted octanol–water partition coefficient (Wildman–Crippen LogP) is 7.51. The lowest BCUT2D eigenvalue weighted by atomic mass is 10.0. The highest BCUT2D eigenvalue weighted by molar-refractivity contribution is 7.92. The molecule has 4 heterocycles. The lowest BCUT2D eigenvalue weighted by Gasteiger charge is -2.24. The number of aromatic nitrogens is 8. The number of carbonyl (C=O) groups excluding carboxylic acids is 1. The van der Waals surface area contributed by atoms with Crippen LogP contribution in [0, 0.1) is 24.5 Å². The Labute approximate surface area is 366 Å². The molecule has 338 valence electrons. The number of nitrogens with zero attached hydrogens (tertiary/aromatic N) is 8. The van der Waals surface area contributed by atoms with Crippen LogP contribution in [0.4, 0.5) is 40.9 Å².